The van der Waals surface area contributed by atoms with Crippen LogP contribution in [-0.4, -0.2) is 26.8 Å². The quantitative estimate of drug-likeness (QED) is 0.725. The van der Waals surface area contributed by atoms with Crippen LogP contribution >= 0.6 is 12.2 Å². The van der Waals surface area contributed by atoms with Crippen molar-refractivity contribution < 1.29 is 0 Å². The largest absolute Gasteiger partial charge is 0.358 e. The van der Waals surface area contributed by atoms with Crippen molar-refractivity contribution in [3.8, 4) is 0 Å². The lowest BCUT2D eigenvalue weighted by Crippen LogP contribution is -2.43. The van der Waals surface area contributed by atoms with E-state index in [1.165, 1.54) is 5.56 Å². The first-order chi connectivity index (χ1) is 9.74. The zero-order valence-corrected chi connectivity index (χ0v) is 11.8. The Labute approximate surface area is 122 Å². The molecule has 1 aliphatic heterocycles. The van der Waals surface area contributed by atoms with Crippen molar-refractivity contribution in [2.24, 2.45) is 0 Å². The van der Waals surface area contributed by atoms with Crippen molar-refractivity contribution >= 4 is 17.3 Å². The second kappa shape index (κ2) is 5.50. The molecule has 0 atom stereocenters. The predicted octanol–water partition coefficient (Wildman–Crippen LogP) is 1.14. The molecule has 104 valence electrons. The lowest BCUT2D eigenvalue weighted by atomic mass is 10.1. The summed E-state index contributed by atoms with van der Waals surface area (Å²) in [6.45, 7) is 2.09. The van der Waals surface area contributed by atoms with Gasteiger partial charge in [-0.1, -0.05) is 30.3 Å². The average Bonchev–Trinajstić information content (AvgIpc) is 2.87. The van der Waals surface area contributed by atoms with E-state index < -0.39 is 0 Å². The van der Waals surface area contributed by atoms with Crippen molar-refractivity contribution in [3.05, 3.63) is 57.5 Å². The lowest BCUT2D eigenvalue weighted by Gasteiger charge is -2.28. The minimum atomic E-state index is -0.0458. The number of benzene rings is 1. The van der Waals surface area contributed by atoms with Gasteiger partial charge < -0.3 is 15.3 Å². The molecule has 5 nitrogen and oxygen atoms in total. The minimum Gasteiger partial charge on any atom is -0.358 e. The predicted molar refractivity (Wildman–Crippen MR) is 81.4 cm³/mol. The highest BCUT2D eigenvalue weighted by molar-refractivity contribution is 7.80. The number of rotatable bonds is 2. The summed E-state index contributed by atoms with van der Waals surface area (Å²) in [7, 11) is 0. The number of nitrogens with zero attached hydrogens (tertiary/aromatic N) is 1. The smallest absolute Gasteiger partial charge is 0.269 e. The van der Waals surface area contributed by atoms with Crippen LogP contribution in [0.4, 0.5) is 0 Å². The Morgan fingerprint density at radius 3 is 2.90 bits per heavy atom. The van der Waals surface area contributed by atoms with Gasteiger partial charge in [0, 0.05) is 25.2 Å². The molecule has 0 amide bonds. The van der Waals surface area contributed by atoms with Gasteiger partial charge in [-0.25, -0.2) is 0 Å². The minimum absolute atomic E-state index is 0.0458. The fourth-order valence-corrected chi connectivity index (χ4v) is 2.60. The Hall–Kier alpha value is -2.08. The number of H-pyrrole nitrogens is 2. The summed E-state index contributed by atoms with van der Waals surface area (Å²) in [5.74, 6) is 0. The molecule has 1 aromatic heterocycles. The van der Waals surface area contributed by atoms with Gasteiger partial charge in [-0.2, -0.15) is 0 Å². The van der Waals surface area contributed by atoms with Crippen molar-refractivity contribution in [2.75, 3.05) is 6.54 Å². The Morgan fingerprint density at radius 1 is 1.30 bits per heavy atom. The van der Waals surface area contributed by atoms with Crippen LogP contribution in [0.3, 0.4) is 0 Å². The highest BCUT2D eigenvalue weighted by Crippen LogP contribution is 2.13. The molecule has 3 rings (SSSR count). The molecule has 3 N–H and O–H groups in total. The van der Waals surface area contributed by atoms with Gasteiger partial charge in [0.2, 0.25) is 0 Å². The van der Waals surface area contributed by atoms with Gasteiger partial charge in [-0.15, -0.1) is 0 Å². The van der Waals surface area contributed by atoms with E-state index in [2.05, 4.69) is 27.6 Å². The average molecular weight is 288 g/mol. The van der Waals surface area contributed by atoms with E-state index in [0.717, 1.165) is 24.2 Å². The van der Waals surface area contributed by atoms with Gasteiger partial charge in [0.1, 0.15) is 0 Å². The molecule has 0 aliphatic carbocycles. The molecule has 2 aromatic rings. The lowest BCUT2D eigenvalue weighted by molar-refractivity contribution is 0.384. The van der Waals surface area contributed by atoms with Crippen LogP contribution in [0.2, 0.25) is 0 Å². The molecule has 0 unspecified atom stereocenters. The molecular weight excluding hydrogens is 272 g/mol. The highest BCUT2D eigenvalue weighted by atomic mass is 32.1. The van der Waals surface area contributed by atoms with Gasteiger partial charge in [0.25, 0.3) is 5.56 Å². The van der Waals surface area contributed by atoms with Crippen molar-refractivity contribution in [2.45, 2.75) is 19.5 Å². The summed E-state index contributed by atoms with van der Waals surface area (Å²) in [6.07, 6.45) is 0.807. The number of thiocarbonyl (C=S) groups is 1. The third-order valence-electron chi connectivity index (χ3n) is 3.52. The molecule has 20 heavy (non-hydrogen) atoms. The molecule has 0 fully saturated rings. The fraction of sp³-hybridized carbons (Fsp3) is 0.286. The maximum atomic E-state index is 11.6. The number of fused-ring (bicyclic) bond motifs is 1. The number of aromatic amines is 2. The molecule has 0 bridgehead atoms. The third-order valence-corrected chi connectivity index (χ3v) is 3.92. The van der Waals surface area contributed by atoms with Crippen LogP contribution in [0.25, 0.3) is 0 Å². The summed E-state index contributed by atoms with van der Waals surface area (Å²) in [4.78, 5) is 13.7. The van der Waals surface area contributed by atoms with Gasteiger partial charge >= 0.3 is 0 Å². The van der Waals surface area contributed by atoms with Crippen molar-refractivity contribution in [3.63, 3.8) is 0 Å². The molecule has 1 aromatic carbocycles. The SMILES string of the molecule is O=c1[nH][nH]c2c1CN(C(=S)NCc1ccccc1)CC2. The number of aromatic nitrogens is 2. The first kappa shape index (κ1) is 12.9. The second-order valence-corrected chi connectivity index (χ2v) is 5.24. The van der Waals surface area contributed by atoms with E-state index in [4.69, 9.17) is 12.2 Å². The van der Waals surface area contributed by atoms with E-state index in [1.807, 2.05) is 23.1 Å². The van der Waals surface area contributed by atoms with Crippen LogP contribution in [0.15, 0.2) is 35.1 Å². The number of hydrogen-bond acceptors (Lipinski definition) is 2. The Morgan fingerprint density at radius 2 is 2.10 bits per heavy atom. The van der Waals surface area contributed by atoms with Gasteiger partial charge in [-0.05, 0) is 17.8 Å². The molecule has 2 heterocycles. The van der Waals surface area contributed by atoms with Gasteiger partial charge in [-0.3, -0.25) is 9.89 Å². The molecular formula is C14H16N4OS. The van der Waals surface area contributed by atoms with Crippen LogP contribution < -0.4 is 10.9 Å². The van der Waals surface area contributed by atoms with Crippen LogP contribution in [0, 0.1) is 0 Å². The van der Waals surface area contributed by atoms with E-state index >= 15 is 0 Å². The normalized spacial score (nSPS) is 13.9. The first-order valence-electron chi connectivity index (χ1n) is 6.59. The van der Waals surface area contributed by atoms with E-state index in [-0.39, 0.29) is 5.56 Å². The molecule has 6 heteroatoms. The van der Waals surface area contributed by atoms with Gasteiger partial charge in [0.15, 0.2) is 5.11 Å². The maximum Gasteiger partial charge on any atom is 0.269 e. The summed E-state index contributed by atoms with van der Waals surface area (Å²) in [5.41, 5.74) is 2.93. The summed E-state index contributed by atoms with van der Waals surface area (Å²) in [6, 6.07) is 10.1. The Bertz CT molecular complexity index is 661. The number of hydrogen-bond donors (Lipinski definition) is 3. The second-order valence-electron chi connectivity index (χ2n) is 4.85. The summed E-state index contributed by atoms with van der Waals surface area (Å²) < 4.78 is 0. The van der Waals surface area contributed by atoms with Crippen LogP contribution in [0.5, 0.6) is 0 Å². The molecule has 0 radical (unpaired) electrons. The van der Waals surface area contributed by atoms with Crippen molar-refractivity contribution in [1.82, 2.24) is 20.4 Å². The summed E-state index contributed by atoms with van der Waals surface area (Å²) >= 11 is 5.41. The summed E-state index contributed by atoms with van der Waals surface area (Å²) in [5, 5.41) is 9.48. The number of nitrogens with one attached hydrogen (secondary N) is 3. The molecule has 0 saturated carbocycles. The Kier molecular flexibility index (Phi) is 3.56. The molecule has 1 aliphatic rings. The maximum absolute atomic E-state index is 11.6. The van der Waals surface area contributed by atoms with E-state index in [1.54, 1.807) is 0 Å². The standard InChI is InChI=1S/C14H16N4OS/c19-13-11-9-18(7-6-12(11)16-17-13)14(20)15-8-10-4-2-1-3-5-10/h1-5H,6-9H2,(H,15,20)(H2,16,17,19). The van der Waals surface area contributed by atoms with E-state index in [0.29, 0.717) is 18.2 Å². The highest BCUT2D eigenvalue weighted by Gasteiger charge is 2.21. The van der Waals surface area contributed by atoms with Crippen LogP contribution in [-0.2, 0) is 19.5 Å². The van der Waals surface area contributed by atoms with Gasteiger partial charge in [0.05, 0.1) is 12.1 Å². The Balaban J connectivity index is 1.62. The topological polar surface area (TPSA) is 63.9 Å². The van der Waals surface area contributed by atoms with E-state index in [9.17, 15) is 4.79 Å². The third kappa shape index (κ3) is 2.60. The first-order valence-corrected chi connectivity index (χ1v) is 7.00. The fourth-order valence-electron chi connectivity index (χ4n) is 2.38. The molecule has 0 saturated heterocycles. The monoisotopic (exact) mass is 288 g/mol. The van der Waals surface area contributed by atoms with Crippen LogP contribution in [0.1, 0.15) is 16.8 Å². The zero-order valence-electron chi connectivity index (χ0n) is 11.0. The molecule has 0 spiro atoms. The van der Waals surface area contributed by atoms with Crippen molar-refractivity contribution in [1.29, 1.82) is 0 Å². The zero-order chi connectivity index (χ0) is 13.9.